The summed E-state index contributed by atoms with van der Waals surface area (Å²) in [5.74, 6) is 0.496. The zero-order valence-corrected chi connectivity index (χ0v) is 16.8. The number of para-hydroxylation sites is 1. The lowest BCUT2D eigenvalue weighted by molar-refractivity contribution is -0.116. The van der Waals surface area contributed by atoms with E-state index in [1.54, 1.807) is 6.07 Å². The third-order valence-electron chi connectivity index (χ3n) is 4.58. The van der Waals surface area contributed by atoms with Crippen molar-refractivity contribution in [1.29, 1.82) is 0 Å². The molecule has 2 aromatic heterocycles. The summed E-state index contributed by atoms with van der Waals surface area (Å²) >= 11 is 1.41. The first-order valence-electron chi connectivity index (χ1n) is 9.39. The normalized spacial score (nSPS) is 10.9. The van der Waals surface area contributed by atoms with Gasteiger partial charge in [0.05, 0.1) is 16.6 Å². The van der Waals surface area contributed by atoms with Crippen LogP contribution in [0.5, 0.6) is 0 Å². The molecule has 0 spiro atoms. The van der Waals surface area contributed by atoms with E-state index in [0.29, 0.717) is 41.1 Å². The van der Waals surface area contributed by atoms with Crippen LogP contribution in [0.2, 0.25) is 0 Å². The lowest BCUT2D eigenvalue weighted by Gasteiger charge is -2.04. The number of thiazole rings is 1. The van der Waals surface area contributed by atoms with Crippen molar-refractivity contribution in [3.63, 3.8) is 0 Å². The monoisotopic (exact) mass is 404 g/mol. The Kier molecular flexibility index (Phi) is 5.48. The summed E-state index contributed by atoms with van der Waals surface area (Å²) in [6.45, 7) is 2.04. The summed E-state index contributed by atoms with van der Waals surface area (Å²) in [4.78, 5) is 36.1. The van der Waals surface area contributed by atoms with Gasteiger partial charge in [0.15, 0.2) is 5.13 Å². The first-order valence-corrected chi connectivity index (χ1v) is 10.3. The van der Waals surface area contributed by atoms with E-state index in [2.05, 4.69) is 20.3 Å². The van der Waals surface area contributed by atoms with Crippen molar-refractivity contribution in [2.75, 3.05) is 5.32 Å². The summed E-state index contributed by atoms with van der Waals surface area (Å²) in [6.07, 6.45) is 1.44. The fraction of sp³-hybridized carbons (Fsp3) is 0.182. The molecule has 0 radical (unpaired) electrons. The van der Waals surface area contributed by atoms with Crippen molar-refractivity contribution in [2.24, 2.45) is 0 Å². The van der Waals surface area contributed by atoms with Gasteiger partial charge >= 0.3 is 0 Å². The molecule has 4 aromatic rings. The zero-order chi connectivity index (χ0) is 20.2. The van der Waals surface area contributed by atoms with Gasteiger partial charge in [0, 0.05) is 23.8 Å². The maximum Gasteiger partial charge on any atom is 0.258 e. The van der Waals surface area contributed by atoms with Crippen LogP contribution < -0.4 is 10.9 Å². The molecule has 0 aliphatic rings. The number of aromatic nitrogens is 3. The number of fused-ring (bicyclic) bond motifs is 1. The Balaban J connectivity index is 1.33. The molecule has 0 saturated heterocycles. The minimum Gasteiger partial charge on any atom is -0.310 e. The number of hydrogen-bond donors (Lipinski definition) is 2. The Bertz CT molecular complexity index is 1210. The fourth-order valence-corrected chi connectivity index (χ4v) is 3.78. The first kappa shape index (κ1) is 19.0. The lowest BCUT2D eigenvalue weighted by Crippen LogP contribution is -2.14. The minimum atomic E-state index is -0.151. The van der Waals surface area contributed by atoms with E-state index < -0.39 is 0 Å². The molecule has 2 N–H and O–H groups in total. The SMILES string of the molecule is Cc1ccc(-c2csc(NC(=O)CCCc3nc4ccccc4c(=O)[nH]3)n2)cc1. The molecular formula is C22H20N4O2S. The molecule has 4 rings (SSSR count). The van der Waals surface area contributed by atoms with Crippen molar-refractivity contribution in [3.05, 3.63) is 75.7 Å². The van der Waals surface area contributed by atoms with E-state index >= 15 is 0 Å². The van der Waals surface area contributed by atoms with E-state index in [-0.39, 0.29) is 11.5 Å². The number of aryl methyl sites for hydroxylation is 2. The molecule has 0 saturated carbocycles. The topological polar surface area (TPSA) is 87.7 Å². The van der Waals surface area contributed by atoms with Gasteiger partial charge in [-0.05, 0) is 25.5 Å². The number of hydrogen-bond acceptors (Lipinski definition) is 5. The number of nitrogens with one attached hydrogen (secondary N) is 2. The lowest BCUT2D eigenvalue weighted by atomic mass is 10.1. The van der Waals surface area contributed by atoms with Gasteiger partial charge in [-0.3, -0.25) is 9.59 Å². The van der Waals surface area contributed by atoms with Crippen LogP contribution in [0.4, 0.5) is 5.13 Å². The summed E-state index contributed by atoms with van der Waals surface area (Å²) in [7, 11) is 0. The van der Waals surface area contributed by atoms with E-state index in [1.807, 2.05) is 54.8 Å². The van der Waals surface area contributed by atoms with Gasteiger partial charge in [-0.25, -0.2) is 9.97 Å². The Morgan fingerprint density at radius 2 is 1.90 bits per heavy atom. The molecule has 2 aromatic carbocycles. The van der Waals surface area contributed by atoms with Crippen molar-refractivity contribution < 1.29 is 4.79 Å². The summed E-state index contributed by atoms with van der Waals surface area (Å²) in [5, 5.41) is 5.94. The van der Waals surface area contributed by atoms with Crippen LogP contribution in [0.15, 0.2) is 58.7 Å². The molecule has 0 unspecified atom stereocenters. The Morgan fingerprint density at radius 1 is 1.10 bits per heavy atom. The number of H-pyrrole nitrogens is 1. The van der Waals surface area contributed by atoms with Crippen molar-refractivity contribution >= 4 is 33.3 Å². The molecular weight excluding hydrogens is 384 g/mol. The third kappa shape index (κ3) is 4.57. The van der Waals surface area contributed by atoms with Crippen molar-refractivity contribution in [3.8, 4) is 11.3 Å². The second kappa shape index (κ2) is 8.36. The zero-order valence-electron chi connectivity index (χ0n) is 15.9. The van der Waals surface area contributed by atoms with Crippen LogP contribution in [0.1, 0.15) is 24.2 Å². The molecule has 0 fully saturated rings. The van der Waals surface area contributed by atoms with Crippen LogP contribution in [0.3, 0.4) is 0 Å². The van der Waals surface area contributed by atoms with Crippen LogP contribution in [-0.4, -0.2) is 20.9 Å². The molecule has 146 valence electrons. The number of anilines is 1. The van der Waals surface area contributed by atoms with Gasteiger partial charge in [0.2, 0.25) is 5.91 Å². The standard InChI is InChI=1S/C22H20N4O2S/c1-14-9-11-15(12-10-14)18-13-29-22(24-18)26-20(27)8-4-7-19-23-17-6-3-2-5-16(17)21(28)25-19/h2-3,5-6,9-13H,4,7-8H2,1H3,(H,23,25,28)(H,24,26,27). The van der Waals surface area contributed by atoms with Crippen LogP contribution in [0.25, 0.3) is 22.2 Å². The smallest absolute Gasteiger partial charge is 0.258 e. The van der Waals surface area contributed by atoms with Crippen LogP contribution in [-0.2, 0) is 11.2 Å². The van der Waals surface area contributed by atoms with Gasteiger partial charge < -0.3 is 10.3 Å². The number of nitrogens with zero attached hydrogens (tertiary/aromatic N) is 2. The van der Waals surface area contributed by atoms with Gasteiger partial charge in [0.25, 0.3) is 5.56 Å². The van der Waals surface area contributed by atoms with Gasteiger partial charge in [-0.1, -0.05) is 42.0 Å². The van der Waals surface area contributed by atoms with E-state index in [4.69, 9.17) is 0 Å². The fourth-order valence-electron chi connectivity index (χ4n) is 3.04. The quantitative estimate of drug-likeness (QED) is 0.501. The molecule has 0 aliphatic carbocycles. The third-order valence-corrected chi connectivity index (χ3v) is 5.33. The summed E-state index contributed by atoms with van der Waals surface area (Å²) < 4.78 is 0. The average Bonchev–Trinajstić information content (AvgIpc) is 3.17. The highest BCUT2D eigenvalue weighted by atomic mass is 32.1. The largest absolute Gasteiger partial charge is 0.310 e. The summed E-state index contributed by atoms with van der Waals surface area (Å²) in [6, 6.07) is 15.3. The Labute approximate surface area is 171 Å². The van der Waals surface area contributed by atoms with Gasteiger partial charge in [-0.15, -0.1) is 11.3 Å². The van der Waals surface area contributed by atoms with E-state index in [1.165, 1.54) is 16.9 Å². The Morgan fingerprint density at radius 3 is 2.72 bits per heavy atom. The molecule has 6 nitrogen and oxygen atoms in total. The van der Waals surface area contributed by atoms with Gasteiger partial charge in [0.1, 0.15) is 5.82 Å². The number of aromatic amines is 1. The predicted octanol–water partition coefficient (Wildman–Crippen LogP) is 4.32. The van der Waals surface area contributed by atoms with Crippen LogP contribution in [0, 0.1) is 6.92 Å². The highest BCUT2D eigenvalue weighted by Crippen LogP contribution is 2.25. The maximum atomic E-state index is 12.2. The second-order valence-corrected chi connectivity index (χ2v) is 7.69. The predicted molar refractivity (Wildman–Crippen MR) is 116 cm³/mol. The first-order chi connectivity index (χ1) is 14.1. The molecule has 0 atom stereocenters. The number of amides is 1. The molecule has 0 bridgehead atoms. The number of carbonyl (C=O) groups excluding carboxylic acids is 1. The molecule has 2 heterocycles. The highest BCUT2D eigenvalue weighted by Gasteiger charge is 2.09. The summed E-state index contributed by atoms with van der Waals surface area (Å²) in [5.41, 5.74) is 3.59. The Hall–Kier alpha value is -3.32. The minimum absolute atomic E-state index is 0.0991. The van der Waals surface area contributed by atoms with Crippen molar-refractivity contribution in [1.82, 2.24) is 15.0 Å². The maximum absolute atomic E-state index is 12.2. The highest BCUT2D eigenvalue weighted by molar-refractivity contribution is 7.14. The molecule has 7 heteroatoms. The number of carbonyl (C=O) groups is 1. The van der Waals surface area contributed by atoms with E-state index in [9.17, 15) is 9.59 Å². The molecule has 1 amide bonds. The van der Waals surface area contributed by atoms with E-state index in [0.717, 1.165) is 11.3 Å². The average molecular weight is 404 g/mol. The number of rotatable bonds is 6. The van der Waals surface area contributed by atoms with Crippen molar-refractivity contribution in [2.45, 2.75) is 26.2 Å². The molecule has 0 aliphatic heterocycles. The van der Waals surface area contributed by atoms with Gasteiger partial charge in [-0.2, -0.15) is 0 Å². The number of benzene rings is 2. The molecule has 29 heavy (non-hydrogen) atoms. The van der Waals surface area contributed by atoms with Crippen LogP contribution >= 0.6 is 11.3 Å². The second-order valence-electron chi connectivity index (χ2n) is 6.84.